The minimum Gasteiger partial charge on any atom is -0.293 e. The minimum atomic E-state index is 0.440. The molecular weight excluding hydrogens is 186 g/mol. The first kappa shape index (κ1) is 11.7. The normalized spacial score (nSPS) is 13.0. The predicted molar refractivity (Wildman–Crippen MR) is 63.4 cm³/mol. The molecule has 0 N–H and O–H groups in total. The Hall–Kier alpha value is -1.38. The lowest BCUT2D eigenvalue weighted by Gasteiger charge is -2.06. The fraction of sp³-hybridized carbons (Fsp3) is 0.500. The predicted octanol–water partition coefficient (Wildman–Crippen LogP) is 2.42. The van der Waals surface area contributed by atoms with Crippen LogP contribution < -0.4 is 5.49 Å². The summed E-state index contributed by atoms with van der Waals surface area (Å²) in [6.07, 6.45) is 6.93. The second-order valence-corrected chi connectivity index (χ2v) is 3.75. The molecule has 15 heavy (non-hydrogen) atoms. The summed E-state index contributed by atoms with van der Waals surface area (Å²) in [5.74, 6) is 0.440. The van der Waals surface area contributed by atoms with E-state index < -0.39 is 0 Å². The van der Waals surface area contributed by atoms with Crippen LogP contribution in [0.3, 0.4) is 0 Å². The highest BCUT2D eigenvalue weighted by Crippen LogP contribution is 2.07. The van der Waals surface area contributed by atoms with Gasteiger partial charge < -0.3 is 0 Å². The molecule has 1 rings (SSSR count). The van der Waals surface area contributed by atoms with Crippen LogP contribution in [0.1, 0.15) is 38.8 Å². The van der Waals surface area contributed by atoms with Crippen molar-refractivity contribution in [2.75, 3.05) is 7.05 Å². The standard InChI is InChI=1S/C12H19N3/c1-5-6-7-15-9-14-11(10(2)3)8-12(15)13-4/h6-10H,5H2,1-4H3/b7-6-,13-12-. The van der Waals surface area contributed by atoms with Gasteiger partial charge in [0.25, 0.3) is 0 Å². The molecule has 0 aliphatic rings. The van der Waals surface area contributed by atoms with Crippen molar-refractivity contribution in [3.63, 3.8) is 0 Å². The summed E-state index contributed by atoms with van der Waals surface area (Å²) >= 11 is 0. The first-order valence-corrected chi connectivity index (χ1v) is 5.36. The molecular formula is C12H19N3. The smallest absolute Gasteiger partial charge is 0.134 e. The molecule has 0 amide bonds. The van der Waals surface area contributed by atoms with E-state index in [9.17, 15) is 0 Å². The molecule has 0 spiro atoms. The summed E-state index contributed by atoms with van der Waals surface area (Å²) in [5, 5.41) is 0. The molecule has 3 nitrogen and oxygen atoms in total. The summed E-state index contributed by atoms with van der Waals surface area (Å²) in [4.78, 5) is 8.63. The summed E-state index contributed by atoms with van der Waals surface area (Å²) in [6.45, 7) is 6.37. The Bertz CT molecular complexity index is 400. The highest BCUT2D eigenvalue weighted by molar-refractivity contribution is 5.22. The zero-order chi connectivity index (χ0) is 11.3. The fourth-order valence-electron chi connectivity index (χ4n) is 1.26. The van der Waals surface area contributed by atoms with Gasteiger partial charge in [-0.2, -0.15) is 0 Å². The second-order valence-electron chi connectivity index (χ2n) is 3.75. The van der Waals surface area contributed by atoms with E-state index in [4.69, 9.17) is 0 Å². The van der Waals surface area contributed by atoms with Crippen LogP contribution in [0, 0.1) is 0 Å². The Labute approximate surface area is 91.2 Å². The fourth-order valence-corrected chi connectivity index (χ4v) is 1.26. The number of allylic oxidation sites excluding steroid dienone is 1. The number of nitrogens with zero attached hydrogens (tertiary/aromatic N) is 3. The maximum absolute atomic E-state index is 4.39. The molecule has 1 heterocycles. The van der Waals surface area contributed by atoms with Gasteiger partial charge in [-0.15, -0.1) is 0 Å². The van der Waals surface area contributed by atoms with E-state index in [1.807, 2.05) is 23.2 Å². The van der Waals surface area contributed by atoms with E-state index in [1.165, 1.54) is 0 Å². The largest absolute Gasteiger partial charge is 0.293 e. The average Bonchev–Trinajstić information content (AvgIpc) is 2.25. The summed E-state index contributed by atoms with van der Waals surface area (Å²) in [6, 6.07) is 2.03. The lowest BCUT2D eigenvalue weighted by molar-refractivity contribution is 0.788. The molecule has 0 saturated carbocycles. The minimum absolute atomic E-state index is 0.440. The molecule has 0 aliphatic carbocycles. The molecule has 1 aromatic rings. The average molecular weight is 205 g/mol. The van der Waals surface area contributed by atoms with Gasteiger partial charge in [0.2, 0.25) is 0 Å². The Morgan fingerprint density at radius 3 is 2.80 bits per heavy atom. The van der Waals surface area contributed by atoms with E-state index in [0.29, 0.717) is 5.92 Å². The third-order valence-corrected chi connectivity index (χ3v) is 2.20. The van der Waals surface area contributed by atoms with E-state index in [0.717, 1.165) is 17.6 Å². The molecule has 0 fully saturated rings. The molecule has 0 aliphatic heterocycles. The molecule has 0 radical (unpaired) electrons. The molecule has 3 heteroatoms. The monoisotopic (exact) mass is 205 g/mol. The van der Waals surface area contributed by atoms with Crippen LogP contribution in [-0.2, 0) is 0 Å². The van der Waals surface area contributed by atoms with Crippen molar-refractivity contribution >= 4 is 6.20 Å². The summed E-state index contributed by atoms with van der Waals surface area (Å²) in [7, 11) is 1.80. The topological polar surface area (TPSA) is 30.2 Å². The second kappa shape index (κ2) is 5.49. The van der Waals surface area contributed by atoms with Crippen molar-refractivity contribution < 1.29 is 0 Å². The molecule has 82 valence electrons. The Balaban J connectivity index is 3.16. The lowest BCUT2D eigenvalue weighted by Crippen LogP contribution is -2.18. The van der Waals surface area contributed by atoms with Gasteiger partial charge >= 0.3 is 0 Å². The Morgan fingerprint density at radius 2 is 2.27 bits per heavy atom. The SMILES string of the molecule is CC/C=C\n1cnc(C(C)C)c/c1=N/C. The molecule has 0 atom stereocenters. The van der Waals surface area contributed by atoms with Crippen LogP contribution in [0.2, 0.25) is 0 Å². The summed E-state index contributed by atoms with van der Waals surface area (Å²) < 4.78 is 1.94. The highest BCUT2D eigenvalue weighted by Gasteiger charge is 2.00. The third kappa shape index (κ3) is 3.05. The Morgan fingerprint density at radius 1 is 1.53 bits per heavy atom. The van der Waals surface area contributed by atoms with Crippen LogP contribution in [-0.4, -0.2) is 16.6 Å². The van der Waals surface area contributed by atoms with Crippen LogP contribution in [0.15, 0.2) is 23.5 Å². The number of aromatic nitrogens is 2. The van der Waals surface area contributed by atoms with Crippen molar-refractivity contribution in [2.24, 2.45) is 4.99 Å². The molecule has 0 saturated heterocycles. The van der Waals surface area contributed by atoms with Crippen molar-refractivity contribution in [1.82, 2.24) is 9.55 Å². The van der Waals surface area contributed by atoms with E-state index in [-0.39, 0.29) is 0 Å². The lowest BCUT2D eigenvalue weighted by atomic mass is 10.1. The van der Waals surface area contributed by atoms with Crippen molar-refractivity contribution in [2.45, 2.75) is 33.1 Å². The zero-order valence-corrected chi connectivity index (χ0v) is 9.94. The maximum atomic E-state index is 4.39. The van der Waals surface area contributed by atoms with Gasteiger partial charge in [0.15, 0.2) is 0 Å². The summed E-state index contributed by atoms with van der Waals surface area (Å²) in [5.41, 5.74) is 2.02. The molecule has 0 bridgehead atoms. The van der Waals surface area contributed by atoms with E-state index >= 15 is 0 Å². The highest BCUT2D eigenvalue weighted by atomic mass is 15.0. The van der Waals surface area contributed by atoms with Gasteiger partial charge in [-0.25, -0.2) is 4.98 Å². The van der Waals surface area contributed by atoms with Crippen molar-refractivity contribution in [3.05, 3.63) is 29.7 Å². The van der Waals surface area contributed by atoms with Crippen LogP contribution in [0.25, 0.3) is 6.20 Å². The van der Waals surface area contributed by atoms with E-state index in [1.54, 1.807) is 7.05 Å². The van der Waals surface area contributed by atoms with Crippen LogP contribution >= 0.6 is 0 Å². The molecule has 1 aromatic heterocycles. The van der Waals surface area contributed by atoms with Gasteiger partial charge in [-0.05, 0) is 12.3 Å². The molecule has 0 unspecified atom stereocenters. The maximum Gasteiger partial charge on any atom is 0.134 e. The first-order chi connectivity index (χ1) is 7.19. The van der Waals surface area contributed by atoms with Crippen LogP contribution in [0.4, 0.5) is 0 Å². The number of hydrogen-bond donors (Lipinski definition) is 0. The molecule has 0 aromatic carbocycles. The quantitative estimate of drug-likeness (QED) is 0.745. The van der Waals surface area contributed by atoms with Gasteiger partial charge in [-0.1, -0.05) is 26.8 Å². The van der Waals surface area contributed by atoms with Gasteiger partial charge in [0, 0.05) is 25.0 Å². The van der Waals surface area contributed by atoms with Gasteiger partial charge in [-0.3, -0.25) is 9.56 Å². The third-order valence-electron chi connectivity index (χ3n) is 2.20. The van der Waals surface area contributed by atoms with Gasteiger partial charge in [0.05, 0.1) is 0 Å². The number of rotatable bonds is 3. The first-order valence-electron chi connectivity index (χ1n) is 5.36. The van der Waals surface area contributed by atoms with Crippen molar-refractivity contribution in [1.29, 1.82) is 0 Å². The number of hydrogen-bond acceptors (Lipinski definition) is 2. The van der Waals surface area contributed by atoms with E-state index in [2.05, 4.69) is 36.8 Å². The zero-order valence-electron chi connectivity index (χ0n) is 9.94. The Kier molecular flexibility index (Phi) is 4.28. The van der Waals surface area contributed by atoms with Gasteiger partial charge in [0.1, 0.15) is 11.8 Å². The van der Waals surface area contributed by atoms with Crippen LogP contribution in [0.5, 0.6) is 0 Å². The van der Waals surface area contributed by atoms with Crippen molar-refractivity contribution in [3.8, 4) is 0 Å².